The molecule has 2 amide bonds. The van der Waals surface area contributed by atoms with Crippen LogP contribution in [0.5, 0.6) is 0 Å². The van der Waals surface area contributed by atoms with Gasteiger partial charge < -0.3 is 19.9 Å². The Morgan fingerprint density at radius 3 is 2.58 bits per heavy atom. The van der Waals surface area contributed by atoms with Crippen LogP contribution in [-0.2, 0) is 16.9 Å². The monoisotopic (exact) mass is 443 g/mol. The van der Waals surface area contributed by atoms with Gasteiger partial charge in [-0.2, -0.15) is 0 Å². The van der Waals surface area contributed by atoms with Crippen LogP contribution in [0.1, 0.15) is 28.8 Å². The minimum Gasteiger partial charge on any atom is -0.385 e. The maximum Gasteiger partial charge on any atom is 0.256 e. The summed E-state index contributed by atoms with van der Waals surface area (Å²) < 4.78 is 15.9. The summed E-state index contributed by atoms with van der Waals surface area (Å²) in [5, 5.41) is 14.8. The van der Waals surface area contributed by atoms with E-state index in [1.54, 1.807) is 59.1 Å². The molecule has 1 aliphatic rings. The number of nitrogens with zero attached hydrogens (tertiary/aromatic N) is 2. The SMILES string of the molecule is CNC(=O)Cn1cc(C(=O)N2CCC(O)(c3ccccc3F)CC2)c2ccc(Cl)cc21. The highest BCUT2D eigenvalue weighted by Crippen LogP contribution is 2.35. The summed E-state index contributed by atoms with van der Waals surface area (Å²) in [4.78, 5) is 26.9. The van der Waals surface area contributed by atoms with Gasteiger partial charge >= 0.3 is 0 Å². The second kappa shape index (κ2) is 8.32. The summed E-state index contributed by atoms with van der Waals surface area (Å²) in [7, 11) is 1.55. The van der Waals surface area contributed by atoms with Crippen LogP contribution in [0, 0.1) is 5.82 Å². The predicted molar refractivity (Wildman–Crippen MR) is 116 cm³/mol. The van der Waals surface area contributed by atoms with Crippen LogP contribution in [0.25, 0.3) is 10.9 Å². The van der Waals surface area contributed by atoms with Crippen LogP contribution in [-0.4, -0.2) is 46.5 Å². The average molecular weight is 444 g/mol. The van der Waals surface area contributed by atoms with Crippen molar-refractivity contribution in [2.24, 2.45) is 0 Å². The molecule has 2 aromatic carbocycles. The molecule has 0 radical (unpaired) electrons. The van der Waals surface area contributed by atoms with Crippen molar-refractivity contribution >= 4 is 34.3 Å². The molecule has 0 aliphatic carbocycles. The fraction of sp³-hybridized carbons (Fsp3) is 0.304. The highest BCUT2D eigenvalue weighted by atomic mass is 35.5. The van der Waals surface area contributed by atoms with Gasteiger partial charge in [-0.3, -0.25) is 9.59 Å². The summed E-state index contributed by atoms with van der Waals surface area (Å²) in [6, 6.07) is 11.4. The summed E-state index contributed by atoms with van der Waals surface area (Å²) >= 11 is 6.13. The molecular weight excluding hydrogens is 421 g/mol. The lowest BCUT2D eigenvalue weighted by Crippen LogP contribution is -2.45. The standard InChI is InChI=1S/C23H23ClFN3O3/c1-26-21(29)14-28-13-17(16-7-6-15(24)12-20(16)28)22(30)27-10-8-23(31,9-11-27)18-4-2-3-5-19(18)25/h2-7,12-13,31H,8-11,14H2,1H3,(H,26,29). The molecule has 1 aromatic heterocycles. The van der Waals surface area contributed by atoms with E-state index in [-0.39, 0.29) is 36.8 Å². The number of hydrogen-bond donors (Lipinski definition) is 2. The van der Waals surface area contributed by atoms with E-state index in [0.717, 1.165) is 0 Å². The van der Waals surface area contributed by atoms with Gasteiger partial charge in [-0.1, -0.05) is 35.9 Å². The van der Waals surface area contributed by atoms with Crippen LogP contribution >= 0.6 is 11.6 Å². The Hall–Kier alpha value is -2.90. The molecule has 4 rings (SSSR count). The third kappa shape index (κ3) is 4.03. The molecule has 3 aromatic rings. The zero-order valence-corrected chi connectivity index (χ0v) is 17.8. The fourth-order valence-electron chi connectivity index (χ4n) is 4.16. The quantitative estimate of drug-likeness (QED) is 0.649. The molecular formula is C23H23ClFN3O3. The second-order valence-electron chi connectivity index (χ2n) is 7.81. The van der Waals surface area contributed by atoms with Gasteiger partial charge in [0.25, 0.3) is 5.91 Å². The molecule has 31 heavy (non-hydrogen) atoms. The highest BCUT2D eigenvalue weighted by molar-refractivity contribution is 6.31. The van der Waals surface area contributed by atoms with Gasteiger partial charge in [0.1, 0.15) is 12.4 Å². The summed E-state index contributed by atoms with van der Waals surface area (Å²) in [6.07, 6.45) is 2.14. The molecule has 8 heteroatoms. The highest BCUT2D eigenvalue weighted by Gasteiger charge is 2.37. The molecule has 2 heterocycles. The van der Waals surface area contributed by atoms with E-state index in [4.69, 9.17) is 11.6 Å². The van der Waals surface area contributed by atoms with Gasteiger partial charge in [-0.05, 0) is 31.0 Å². The molecule has 0 atom stereocenters. The average Bonchev–Trinajstić information content (AvgIpc) is 3.11. The van der Waals surface area contributed by atoms with E-state index in [1.807, 2.05) is 0 Å². The van der Waals surface area contributed by atoms with E-state index in [2.05, 4.69) is 5.32 Å². The first kappa shape index (κ1) is 21.3. The number of piperidine rings is 1. The van der Waals surface area contributed by atoms with E-state index in [1.165, 1.54) is 6.07 Å². The third-order valence-corrected chi connectivity index (χ3v) is 6.16. The Bertz CT molecular complexity index is 1150. The number of carbonyl (C=O) groups excluding carboxylic acids is 2. The van der Waals surface area contributed by atoms with Crippen molar-refractivity contribution in [1.29, 1.82) is 0 Å². The molecule has 0 bridgehead atoms. The first-order chi connectivity index (χ1) is 14.8. The van der Waals surface area contributed by atoms with Crippen molar-refractivity contribution in [3.05, 3.63) is 70.6 Å². The Kier molecular flexibility index (Phi) is 5.73. The number of aromatic nitrogens is 1. The number of likely N-dealkylation sites (N-methyl/N-ethyl adjacent to an activating group) is 1. The zero-order chi connectivity index (χ0) is 22.2. The molecule has 1 saturated heterocycles. The number of amides is 2. The Balaban J connectivity index is 1.59. The number of rotatable bonds is 4. The molecule has 2 N–H and O–H groups in total. The number of hydrogen-bond acceptors (Lipinski definition) is 3. The minimum absolute atomic E-state index is 0.0632. The molecule has 6 nitrogen and oxygen atoms in total. The van der Waals surface area contributed by atoms with Crippen LogP contribution in [0.2, 0.25) is 5.02 Å². The Labute approximate surface area is 184 Å². The number of likely N-dealkylation sites (tertiary alicyclic amines) is 1. The summed E-state index contributed by atoms with van der Waals surface area (Å²) in [6.45, 7) is 0.645. The van der Waals surface area contributed by atoms with Crippen molar-refractivity contribution in [3.63, 3.8) is 0 Å². The van der Waals surface area contributed by atoms with Gasteiger partial charge in [0.2, 0.25) is 5.91 Å². The lowest BCUT2D eigenvalue weighted by atomic mass is 9.84. The molecule has 162 valence electrons. The molecule has 1 fully saturated rings. The smallest absolute Gasteiger partial charge is 0.256 e. The Morgan fingerprint density at radius 1 is 1.19 bits per heavy atom. The molecule has 0 unspecified atom stereocenters. The summed E-state index contributed by atoms with van der Waals surface area (Å²) in [5.74, 6) is -0.832. The number of benzene rings is 2. The van der Waals surface area contributed by atoms with Gasteiger partial charge in [-0.25, -0.2) is 4.39 Å². The Morgan fingerprint density at radius 2 is 1.90 bits per heavy atom. The van der Waals surface area contributed by atoms with Crippen LogP contribution < -0.4 is 5.32 Å². The topological polar surface area (TPSA) is 74.6 Å². The van der Waals surface area contributed by atoms with Crippen molar-refractivity contribution in [2.75, 3.05) is 20.1 Å². The lowest BCUT2D eigenvalue weighted by Gasteiger charge is -2.38. The van der Waals surface area contributed by atoms with Crippen LogP contribution in [0.3, 0.4) is 0 Å². The molecule has 0 spiro atoms. The fourth-order valence-corrected chi connectivity index (χ4v) is 4.32. The largest absolute Gasteiger partial charge is 0.385 e. The van der Waals surface area contributed by atoms with Crippen LogP contribution in [0.15, 0.2) is 48.7 Å². The lowest BCUT2D eigenvalue weighted by molar-refractivity contribution is -0.121. The first-order valence-electron chi connectivity index (χ1n) is 10.1. The number of nitrogens with one attached hydrogen (secondary N) is 1. The van der Waals surface area contributed by atoms with Crippen LogP contribution in [0.4, 0.5) is 4.39 Å². The molecule has 0 saturated carbocycles. The van der Waals surface area contributed by atoms with Crippen molar-refractivity contribution < 1.29 is 19.1 Å². The van der Waals surface area contributed by atoms with Gasteiger partial charge in [0, 0.05) is 42.3 Å². The second-order valence-corrected chi connectivity index (χ2v) is 8.25. The maximum absolute atomic E-state index is 14.2. The van der Waals surface area contributed by atoms with E-state index < -0.39 is 11.4 Å². The van der Waals surface area contributed by atoms with Crippen molar-refractivity contribution in [3.8, 4) is 0 Å². The van der Waals surface area contributed by atoms with E-state index in [0.29, 0.717) is 34.6 Å². The summed E-state index contributed by atoms with van der Waals surface area (Å²) in [5.41, 5.74) is 0.119. The normalized spacial score (nSPS) is 15.8. The first-order valence-corrected chi connectivity index (χ1v) is 10.5. The molecule has 1 aliphatic heterocycles. The minimum atomic E-state index is -1.30. The maximum atomic E-state index is 14.2. The number of fused-ring (bicyclic) bond motifs is 1. The predicted octanol–water partition coefficient (Wildman–Crippen LogP) is 3.30. The van der Waals surface area contributed by atoms with E-state index >= 15 is 0 Å². The van der Waals surface area contributed by atoms with Gasteiger partial charge in [0.15, 0.2) is 0 Å². The number of aliphatic hydroxyl groups is 1. The third-order valence-electron chi connectivity index (χ3n) is 5.92. The number of carbonyl (C=O) groups is 2. The van der Waals surface area contributed by atoms with Gasteiger partial charge in [-0.15, -0.1) is 0 Å². The van der Waals surface area contributed by atoms with Crippen molar-refractivity contribution in [1.82, 2.24) is 14.8 Å². The van der Waals surface area contributed by atoms with Crippen molar-refractivity contribution in [2.45, 2.75) is 25.0 Å². The number of halogens is 2. The zero-order valence-electron chi connectivity index (χ0n) is 17.1. The van der Waals surface area contributed by atoms with Gasteiger partial charge in [0.05, 0.1) is 16.7 Å². The van der Waals surface area contributed by atoms with E-state index in [9.17, 15) is 19.1 Å².